The number of ether oxygens (including phenoxy) is 1. The number of pyridine rings is 2. The predicted octanol–water partition coefficient (Wildman–Crippen LogP) is 4.41. The SMILES string of the molecule is COc1ccc(-c2nc(NCc3cccnc3)c3ncn(C4CCCCC4)c3n2)cn1. The lowest BCUT2D eigenvalue weighted by Gasteiger charge is -2.23. The highest BCUT2D eigenvalue weighted by Crippen LogP contribution is 2.32. The van der Waals surface area contributed by atoms with Crippen molar-refractivity contribution >= 4 is 17.0 Å². The van der Waals surface area contributed by atoms with Crippen molar-refractivity contribution in [3.63, 3.8) is 0 Å². The van der Waals surface area contributed by atoms with Gasteiger partial charge in [0.1, 0.15) is 5.52 Å². The van der Waals surface area contributed by atoms with Crippen molar-refractivity contribution < 1.29 is 4.74 Å². The molecule has 4 aromatic rings. The van der Waals surface area contributed by atoms with Gasteiger partial charge in [-0.15, -0.1) is 0 Å². The molecule has 31 heavy (non-hydrogen) atoms. The van der Waals surface area contributed by atoms with Gasteiger partial charge in [0.25, 0.3) is 0 Å². The van der Waals surface area contributed by atoms with Gasteiger partial charge in [-0.2, -0.15) is 0 Å². The average molecular weight is 416 g/mol. The van der Waals surface area contributed by atoms with E-state index in [2.05, 4.69) is 19.9 Å². The summed E-state index contributed by atoms with van der Waals surface area (Å²) in [6, 6.07) is 8.15. The minimum absolute atomic E-state index is 0.432. The van der Waals surface area contributed by atoms with Crippen LogP contribution >= 0.6 is 0 Å². The summed E-state index contributed by atoms with van der Waals surface area (Å²) in [6.07, 6.45) is 13.4. The van der Waals surface area contributed by atoms with Crippen LogP contribution in [0.5, 0.6) is 5.88 Å². The minimum atomic E-state index is 0.432. The van der Waals surface area contributed by atoms with Crippen LogP contribution in [0.4, 0.5) is 5.82 Å². The van der Waals surface area contributed by atoms with Crippen LogP contribution < -0.4 is 10.1 Å². The third-order valence-electron chi connectivity index (χ3n) is 5.78. The van der Waals surface area contributed by atoms with Crippen LogP contribution in [0, 0.1) is 0 Å². The second-order valence-electron chi connectivity index (χ2n) is 7.82. The summed E-state index contributed by atoms with van der Waals surface area (Å²) in [5.41, 5.74) is 3.57. The maximum Gasteiger partial charge on any atom is 0.212 e. The van der Waals surface area contributed by atoms with E-state index < -0.39 is 0 Å². The lowest BCUT2D eigenvalue weighted by Crippen LogP contribution is -2.13. The fraction of sp³-hybridized carbons (Fsp3) is 0.348. The molecule has 1 saturated carbocycles. The van der Waals surface area contributed by atoms with Gasteiger partial charge >= 0.3 is 0 Å². The van der Waals surface area contributed by atoms with Crippen LogP contribution in [0.2, 0.25) is 0 Å². The first-order chi connectivity index (χ1) is 15.3. The van der Waals surface area contributed by atoms with Crippen LogP contribution in [0.25, 0.3) is 22.6 Å². The highest BCUT2D eigenvalue weighted by molar-refractivity contribution is 5.85. The van der Waals surface area contributed by atoms with Gasteiger partial charge in [0, 0.05) is 42.8 Å². The molecule has 0 aromatic carbocycles. The Morgan fingerprint density at radius 3 is 2.71 bits per heavy atom. The number of anilines is 1. The van der Waals surface area contributed by atoms with Gasteiger partial charge in [-0.1, -0.05) is 25.3 Å². The quantitative estimate of drug-likeness (QED) is 0.499. The first kappa shape index (κ1) is 19.4. The second kappa shape index (κ2) is 8.67. The molecule has 1 N–H and O–H groups in total. The van der Waals surface area contributed by atoms with E-state index in [0.717, 1.165) is 35.1 Å². The second-order valence-corrected chi connectivity index (χ2v) is 7.82. The smallest absolute Gasteiger partial charge is 0.212 e. The van der Waals surface area contributed by atoms with E-state index in [4.69, 9.17) is 19.7 Å². The zero-order valence-corrected chi connectivity index (χ0v) is 17.5. The van der Waals surface area contributed by atoms with Crippen LogP contribution in [-0.4, -0.2) is 36.6 Å². The van der Waals surface area contributed by atoms with Gasteiger partial charge in [-0.25, -0.2) is 19.9 Å². The molecule has 1 fully saturated rings. The number of hydrogen-bond donors (Lipinski definition) is 1. The molecule has 1 aliphatic carbocycles. The van der Waals surface area contributed by atoms with Gasteiger partial charge in [-0.3, -0.25) is 4.98 Å². The highest BCUT2D eigenvalue weighted by atomic mass is 16.5. The number of hydrogen-bond acceptors (Lipinski definition) is 7. The lowest BCUT2D eigenvalue weighted by molar-refractivity contribution is 0.358. The number of nitrogens with one attached hydrogen (secondary N) is 1. The van der Waals surface area contributed by atoms with Crippen molar-refractivity contribution in [3.05, 3.63) is 54.7 Å². The first-order valence-electron chi connectivity index (χ1n) is 10.7. The Morgan fingerprint density at radius 1 is 1.06 bits per heavy atom. The summed E-state index contributed by atoms with van der Waals surface area (Å²) in [4.78, 5) is 22.9. The zero-order chi connectivity index (χ0) is 21.0. The Hall–Kier alpha value is -3.55. The highest BCUT2D eigenvalue weighted by Gasteiger charge is 2.21. The molecule has 0 amide bonds. The minimum Gasteiger partial charge on any atom is -0.481 e. The number of fused-ring (bicyclic) bond motifs is 1. The van der Waals surface area contributed by atoms with Gasteiger partial charge in [0.15, 0.2) is 17.3 Å². The van der Waals surface area contributed by atoms with E-state index in [-0.39, 0.29) is 0 Å². The van der Waals surface area contributed by atoms with Crippen molar-refractivity contribution in [2.75, 3.05) is 12.4 Å². The summed E-state index contributed by atoms with van der Waals surface area (Å²) in [7, 11) is 1.60. The van der Waals surface area contributed by atoms with Crippen LogP contribution in [-0.2, 0) is 6.54 Å². The molecule has 4 heterocycles. The molecular weight excluding hydrogens is 390 g/mol. The van der Waals surface area contributed by atoms with E-state index in [9.17, 15) is 0 Å². The van der Waals surface area contributed by atoms with Gasteiger partial charge in [0.05, 0.1) is 13.4 Å². The Labute approximate surface area is 180 Å². The van der Waals surface area contributed by atoms with Crippen LogP contribution in [0.3, 0.4) is 0 Å². The van der Waals surface area contributed by atoms with E-state index in [0.29, 0.717) is 30.1 Å². The molecule has 0 unspecified atom stereocenters. The van der Waals surface area contributed by atoms with E-state index >= 15 is 0 Å². The van der Waals surface area contributed by atoms with Gasteiger partial charge in [0.2, 0.25) is 5.88 Å². The van der Waals surface area contributed by atoms with Crippen molar-refractivity contribution in [2.24, 2.45) is 0 Å². The van der Waals surface area contributed by atoms with Crippen molar-refractivity contribution in [2.45, 2.75) is 44.7 Å². The summed E-state index contributed by atoms with van der Waals surface area (Å²) in [5, 5.41) is 3.44. The molecular formula is C23H25N7O. The molecule has 0 spiro atoms. The molecule has 0 aliphatic heterocycles. The molecule has 5 rings (SSSR count). The Kier molecular flexibility index (Phi) is 5.43. The monoisotopic (exact) mass is 415 g/mol. The summed E-state index contributed by atoms with van der Waals surface area (Å²) < 4.78 is 7.42. The first-order valence-corrected chi connectivity index (χ1v) is 10.7. The third-order valence-corrected chi connectivity index (χ3v) is 5.78. The standard InChI is InChI=1S/C23H25N7O/c1-31-19-10-9-17(14-25-19)21-28-22(26-13-16-6-5-11-24-12-16)20-23(29-21)30(15-27-20)18-7-3-2-4-8-18/h5-6,9-12,14-15,18H,2-4,7-8,13H2,1H3,(H,26,28,29). The predicted molar refractivity (Wildman–Crippen MR) is 119 cm³/mol. The number of rotatable bonds is 6. The van der Waals surface area contributed by atoms with Crippen LogP contribution in [0.15, 0.2) is 49.2 Å². The normalized spacial score (nSPS) is 14.6. The summed E-state index contributed by atoms with van der Waals surface area (Å²) in [6.45, 7) is 0.608. The topological polar surface area (TPSA) is 90.6 Å². The fourth-order valence-electron chi connectivity index (χ4n) is 4.12. The molecule has 0 atom stereocenters. The summed E-state index contributed by atoms with van der Waals surface area (Å²) >= 11 is 0. The number of aromatic nitrogens is 6. The summed E-state index contributed by atoms with van der Waals surface area (Å²) in [5.74, 6) is 1.90. The third kappa shape index (κ3) is 4.05. The molecule has 0 bridgehead atoms. The molecule has 0 saturated heterocycles. The largest absolute Gasteiger partial charge is 0.481 e. The van der Waals surface area contributed by atoms with E-state index in [1.54, 1.807) is 19.5 Å². The lowest BCUT2D eigenvalue weighted by atomic mass is 9.95. The Bertz CT molecular complexity index is 1150. The molecule has 158 valence electrons. The van der Waals surface area contributed by atoms with Crippen molar-refractivity contribution in [1.82, 2.24) is 29.5 Å². The van der Waals surface area contributed by atoms with Crippen LogP contribution in [0.1, 0.15) is 43.7 Å². The molecule has 4 aromatic heterocycles. The number of imidazole rings is 1. The molecule has 8 heteroatoms. The molecule has 8 nitrogen and oxygen atoms in total. The van der Waals surface area contributed by atoms with Crippen molar-refractivity contribution in [3.8, 4) is 17.3 Å². The number of methoxy groups -OCH3 is 1. The van der Waals surface area contributed by atoms with E-state index in [1.807, 2.05) is 36.8 Å². The Balaban J connectivity index is 1.56. The van der Waals surface area contributed by atoms with E-state index in [1.165, 1.54) is 19.3 Å². The number of nitrogens with zero attached hydrogens (tertiary/aromatic N) is 6. The average Bonchev–Trinajstić information content (AvgIpc) is 3.28. The molecule has 0 radical (unpaired) electrons. The fourth-order valence-corrected chi connectivity index (χ4v) is 4.12. The maximum atomic E-state index is 5.19. The zero-order valence-electron chi connectivity index (χ0n) is 17.5. The maximum absolute atomic E-state index is 5.19. The van der Waals surface area contributed by atoms with Crippen molar-refractivity contribution in [1.29, 1.82) is 0 Å². The molecule has 1 aliphatic rings. The Morgan fingerprint density at radius 2 is 1.97 bits per heavy atom. The van der Waals surface area contributed by atoms with Gasteiger partial charge < -0.3 is 14.6 Å². The van der Waals surface area contributed by atoms with Gasteiger partial charge in [-0.05, 0) is 30.5 Å².